The molecule has 0 atom stereocenters. The summed E-state index contributed by atoms with van der Waals surface area (Å²) in [6.45, 7) is 0.548. The lowest BCUT2D eigenvalue weighted by Gasteiger charge is -2.31. The van der Waals surface area contributed by atoms with Crippen molar-refractivity contribution in [1.82, 2.24) is 9.03 Å². The van der Waals surface area contributed by atoms with Crippen molar-refractivity contribution in [3.05, 3.63) is 0 Å². The Morgan fingerprint density at radius 2 is 1.38 bits per heavy atom. The van der Waals surface area contributed by atoms with Crippen molar-refractivity contribution < 1.29 is 57.2 Å². The molecule has 1 saturated heterocycles. The zero-order valence-electron chi connectivity index (χ0n) is 12.3. The normalized spacial score (nSPS) is 19.0. The highest BCUT2D eigenvalue weighted by Crippen LogP contribution is 2.49. The van der Waals surface area contributed by atoms with E-state index in [1.54, 1.807) is 0 Å². The van der Waals surface area contributed by atoms with Gasteiger partial charge in [0.2, 0.25) is 0 Å². The SMILES string of the molecule is O=S(=O)(NC(F)(F)F)C(F)(F)C(F)(F)C(F)(F)OOSN1CCCCC1. The number of piperidine rings is 1. The third-order valence-corrected chi connectivity index (χ3v) is 5.04. The Bertz CT molecular complexity index is 578. The van der Waals surface area contributed by atoms with Crippen LogP contribution in [-0.2, 0) is 19.2 Å². The topological polar surface area (TPSA) is 67.9 Å². The van der Waals surface area contributed by atoms with E-state index in [2.05, 4.69) is 9.22 Å². The van der Waals surface area contributed by atoms with Gasteiger partial charge in [-0.2, -0.15) is 39.5 Å². The summed E-state index contributed by atoms with van der Waals surface area (Å²) in [5, 5.41) is -6.89. The van der Waals surface area contributed by atoms with Crippen LogP contribution in [0.4, 0.5) is 39.5 Å². The maximum absolute atomic E-state index is 13.3. The Balaban J connectivity index is 2.86. The molecule has 0 aromatic carbocycles. The highest BCUT2D eigenvalue weighted by atomic mass is 32.2. The lowest BCUT2D eigenvalue weighted by Crippen LogP contribution is -2.62. The number of alkyl halides is 9. The summed E-state index contributed by atoms with van der Waals surface area (Å²) in [5.41, 5.74) is 0. The van der Waals surface area contributed by atoms with Crippen molar-refractivity contribution in [1.29, 1.82) is 0 Å². The molecule has 1 rings (SSSR count). The van der Waals surface area contributed by atoms with Crippen LogP contribution in [-0.4, -0.2) is 49.4 Å². The van der Waals surface area contributed by atoms with E-state index in [1.165, 1.54) is 4.31 Å². The summed E-state index contributed by atoms with van der Waals surface area (Å²) in [5.74, 6) is -6.90. The molecule has 17 heteroatoms. The van der Waals surface area contributed by atoms with Crippen LogP contribution in [0.15, 0.2) is 0 Å². The van der Waals surface area contributed by atoms with Gasteiger partial charge in [-0.25, -0.2) is 12.7 Å². The van der Waals surface area contributed by atoms with Crippen LogP contribution in [0.1, 0.15) is 19.3 Å². The molecule has 156 valence electrons. The molecule has 1 aliphatic rings. The van der Waals surface area contributed by atoms with E-state index >= 15 is 0 Å². The molecule has 0 aromatic heterocycles. The number of rotatable bonds is 8. The van der Waals surface area contributed by atoms with Crippen LogP contribution in [0.3, 0.4) is 0 Å². The van der Waals surface area contributed by atoms with Gasteiger partial charge in [-0.15, -0.1) is 13.9 Å². The monoisotopic (exact) mass is 446 g/mol. The second-order valence-corrected chi connectivity index (χ2v) is 7.45. The first-order valence-electron chi connectivity index (χ1n) is 6.54. The molecule has 6 nitrogen and oxygen atoms in total. The lowest BCUT2D eigenvalue weighted by molar-refractivity contribution is -0.463. The second kappa shape index (κ2) is 7.86. The van der Waals surface area contributed by atoms with E-state index in [1.807, 2.05) is 0 Å². The first-order valence-corrected chi connectivity index (χ1v) is 8.73. The highest BCUT2D eigenvalue weighted by Gasteiger charge is 2.80. The molecule has 0 aliphatic carbocycles. The zero-order valence-corrected chi connectivity index (χ0v) is 14.0. The minimum atomic E-state index is -7.29. The van der Waals surface area contributed by atoms with Gasteiger partial charge in [0.15, 0.2) is 0 Å². The van der Waals surface area contributed by atoms with E-state index < -0.39 is 38.3 Å². The van der Waals surface area contributed by atoms with Crippen molar-refractivity contribution in [2.45, 2.75) is 42.8 Å². The van der Waals surface area contributed by atoms with Crippen LogP contribution in [0.5, 0.6) is 0 Å². The average Bonchev–Trinajstić information content (AvgIpc) is 2.45. The quantitative estimate of drug-likeness (QED) is 0.154. The zero-order chi connectivity index (χ0) is 20.4. The summed E-state index contributed by atoms with van der Waals surface area (Å²) in [4.78, 5) is 2.89. The molecule has 26 heavy (non-hydrogen) atoms. The summed E-state index contributed by atoms with van der Waals surface area (Å²) < 4.78 is 141. The van der Waals surface area contributed by atoms with Crippen molar-refractivity contribution in [2.24, 2.45) is 0 Å². The Morgan fingerprint density at radius 1 is 0.885 bits per heavy atom. The molecule has 0 unspecified atom stereocenters. The Hall–Kier alpha value is -0.490. The number of sulfonamides is 1. The predicted octanol–water partition coefficient (Wildman–Crippen LogP) is 3.24. The molecule has 1 fully saturated rings. The maximum atomic E-state index is 13.3. The molecule has 1 heterocycles. The molecule has 0 saturated carbocycles. The van der Waals surface area contributed by atoms with Crippen molar-refractivity contribution >= 4 is 22.3 Å². The fraction of sp³-hybridized carbons (Fsp3) is 1.00. The fourth-order valence-corrected chi connectivity index (χ4v) is 3.15. The molecular weight excluding hydrogens is 435 g/mol. The predicted molar refractivity (Wildman–Crippen MR) is 68.1 cm³/mol. The van der Waals surface area contributed by atoms with Crippen LogP contribution in [0, 0.1) is 0 Å². The van der Waals surface area contributed by atoms with E-state index in [0.717, 1.165) is 6.42 Å². The first-order chi connectivity index (χ1) is 11.5. The standard InChI is InChI=1S/C9H11F9N2O4S2/c10-6(11,8(14,15)26(21,22)19-9(16,17)18)7(12,13)23-24-25-20-4-2-1-3-5-20/h19H,1-5H2. The van der Waals surface area contributed by atoms with Gasteiger partial charge in [0, 0.05) is 13.1 Å². The third-order valence-electron chi connectivity index (χ3n) is 2.91. The van der Waals surface area contributed by atoms with Crippen LogP contribution in [0.2, 0.25) is 0 Å². The van der Waals surface area contributed by atoms with E-state index in [0.29, 0.717) is 12.8 Å². The molecular formula is C9H11F9N2O4S2. The fourth-order valence-electron chi connectivity index (χ4n) is 1.65. The van der Waals surface area contributed by atoms with E-state index in [-0.39, 0.29) is 25.3 Å². The smallest absolute Gasteiger partial charge is 0.224 e. The first kappa shape index (κ1) is 23.5. The third kappa shape index (κ3) is 5.28. The van der Waals surface area contributed by atoms with Crippen molar-refractivity contribution in [3.63, 3.8) is 0 Å². The highest BCUT2D eigenvalue weighted by molar-refractivity contribution is 7.92. The molecule has 0 bridgehead atoms. The van der Waals surface area contributed by atoms with Gasteiger partial charge in [0.1, 0.15) is 12.2 Å². The number of halogens is 9. The van der Waals surface area contributed by atoms with Crippen molar-refractivity contribution in [2.75, 3.05) is 13.1 Å². The molecule has 0 aromatic rings. The minimum absolute atomic E-state index is 0.0237. The summed E-state index contributed by atoms with van der Waals surface area (Å²) in [7, 11) is -7.29. The van der Waals surface area contributed by atoms with Crippen LogP contribution < -0.4 is 4.72 Å². The summed E-state index contributed by atoms with van der Waals surface area (Å²) in [6, 6.07) is 0. The van der Waals surface area contributed by atoms with Gasteiger partial charge >= 0.3 is 23.6 Å². The molecule has 1 N–H and O–H groups in total. The van der Waals surface area contributed by atoms with Gasteiger partial charge in [-0.05, 0) is 12.8 Å². The molecule has 0 radical (unpaired) electrons. The maximum Gasteiger partial charge on any atom is 0.470 e. The van der Waals surface area contributed by atoms with E-state index in [9.17, 15) is 47.9 Å². The Morgan fingerprint density at radius 3 is 1.85 bits per heavy atom. The van der Waals surface area contributed by atoms with Gasteiger partial charge in [-0.3, -0.25) is 0 Å². The van der Waals surface area contributed by atoms with Crippen LogP contribution >= 0.6 is 12.2 Å². The van der Waals surface area contributed by atoms with E-state index in [4.69, 9.17) is 0 Å². The lowest BCUT2D eigenvalue weighted by atomic mass is 10.2. The Labute approximate surface area is 145 Å². The number of nitrogens with one attached hydrogen (secondary N) is 1. The molecule has 1 aliphatic heterocycles. The Kier molecular flexibility index (Phi) is 7.12. The minimum Gasteiger partial charge on any atom is -0.224 e. The van der Waals surface area contributed by atoms with Gasteiger partial charge in [-0.1, -0.05) is 6.42 Å². The van der Waals surface area contributed by atoms with Gasteiger partial charge in [0.05, 0.1) is 0 Å². The van der Waals surface area contributed by atoms with Crippen molar-refractivity contribution in [3.8, 4) is 0 Å². The second-order valence-electron chi connectivity index (χ2n) is 4.93. The largest absolute Gasteiger partial charge is 0.470 e. The van der Waals surface area contributed by atoms with Crippen LogP contribution in [0.25, 0.3) is 0 Å². The van der Waals surface area contributed by atoms with Gasteiger partial charge in [0.25, 0.3) is 10.0 Å². The number of hydrogen-bond donors (Lipinski definition) is 1. The average molecular weight is 446 g/mol. The summed E-state index contributed by atoms with van der Waals surface area (Å²) in [6.07, 6.45) is -10.4. The summed E-state index contributed by atoms with van der Waals surface area (Å²) >= 11 is -0.0237. The molecule has 0 amide bonds. The molecule has 0 spiro atoms. The number of hydrogen-bond acceptors (Lipinski definition) is 6. The number of nitrogens with zero attached hydrogens (tertiary/aromatic N) is 1. The van der Waals surface area contributed by atoms with Gasteiger partial charge < -0.3 is 0 Å².